The molecule has 1 fully saturated rings. The largest absolute Gasteiger partial charge is 0.394 e. The minimum Gasteiger partial charge on any atom is -0.394 e. The van der Waals surface area contributed by atoms with E-state index in [1.807, 2.05) is 0 Å². The molecule has 1 aliphatic rings. The van der Waals surface area contributed by atoms with Crippen LogP contribution in [-0.4, -0.2) is 49.8 Å². The van der Waals surface area contributed by atoms with E-state index in [2.05, 4.69) is 4.98 Å². The van der Waals surface area contributed by atoms with Gasteiger partial charge in [-0.2, -0.15) is 4.98 Å². The maximum absolute atomic E-state index is 11.5. The Morgan fingerprint density at radius 3 is 2.14 bits per heavy atom. The van der Waals surface area contributed by atoms with Gasteiger partial charge in [-0.1, -0.05) is 0 Å². The summed E-state index contributed by atoms with van der Waals surface area (Å²) < 4.78 is 6.19. The van der Waals surface area contributed by atoms with E-state index in [9.17, 15) is 15.0 Å². The number of nitrogens with zero attached hydrogens (tertiary/aromatic N) is 7. The van der Waals surface area contributed by atoms with Crippen molar-refractivity contribution in [3.8, 4) is 0 Å². The van der Waals surface area contributed by atoms with Crippen LogP contribution in [0.2, 0.25) is 0 Å². The summed E-state index contributed by atoms with van der Waals surface area (Å²) in [7, 11) is 0. The summed E-state index contributed by atoms with van der Waals surface area (Å²) >= 11 is 0. The van der Waals surface area contributed by atoms with Gasteiger partial charge in [0.15, 0.2) is 6.23 Å². The summed E-state index contributed by atoms with van der Waals surface area (Å²) in [4.78, 5) is 15.0. The molecule has 15 radical (unpaired) electrons. The number of ether oxygens (including phenoxy) is 1. The summed E-state index contributed by atoms with van der Waals surface area (Å²) in [6, 6.07) is 1.37. The molecule has 119 valence electrons. The highest BCUT2D eigenvalue weighted by Crippen LogP contribution is 2.27. The molecule has 5 N–H and O–H groups in total. The van der Waals surface area contributed by atoms with Crippen molar-refractivity contribution in [2.24, 2.45) is 0 Å². The number of aliphatic hydroxyl groups is 3. The van der Waals surface area contributed by atoms with Crippen LogP contribution in [0.3, 0.4) is 0 Å². The third kappa shape index (κ3) is 4.95. The standard InChI is InChI=1S/C9H13N3O5.5N/c10-5-1-2-12(9(16)11-5)8-7(15)6(14)4(3-13)17-8;;;;;/h1-2,4,6-8,13-15H,3H2,(H2,10,11,16);;;;;/t4-,6-,7-,8-;;;;;/m1...../s1. The van der Waals surface area contributed by atoms with Crippen LogP contribution in [0.5, 0.6) is 0 Å². The average molecular weight is 313 g/mol. The Morgan fingerprint density at radius 1 is 1.18 bits per heavy atom. The molecule has 0 aliphatic carbocycles. The molecule has 1 aromatic heterocycles. The molecule has 0 aromatic carbocycles. The number of nitrogens with two attached hydrogens (primary N) is 1. The molecule has 0 unspecified atom stereocenters. The second-order valence-corrected chi connectivity index (χ2v) is 3.77. The number of aliphatic hydroxyl groups excluding tert-OH is 3. The average Bonchev–Trinajstić information content (AvgIpc) is 2.57. The van der Waals surface area contributed by atoms with Gasteiger partial charge < -0.3 is 25.8 Å². The molecule has 1 saturated heterocycles. The maximum atomic E-state index is 11.5. The minimum absolute atomic E-state index is 0. The van der Waals surface area contributed by atoms with E-state index in [1.165, 1.54) is 12.3 Å². The van der Waals surface area contributed by atoms with Gasteiger partial charge in [0.05, 0.1) is 6.61 Å². The summed E-state index contributed by atoms with van der Waals surface area (Å²) in [5.74, 6) is 0.0537. The van der Waals surface area contributed by atoms with E-state index < -0.39 is 36.8 Å². The van der Waals surface area contributed by atoms with Gasteiger partial charge in [-0.05, 0) is 6.07 Å². The van der Waals surface area contributed by atoms with Gasteiger partial charge in [0, 0.05) is 36.9 Å². The first-order valence-electron chi connectivity index (χ1n) is 5.01. The van der Waals surface area contributed by atoms with Crippen LogP contribution < -0.4 is 42.2 Å². The summed E-state index contributed by atoms with van der Waals surface area (Å²) in [6.45, 7) is -0.453. The molecule has 1 aliphatic heterocycles. The first-order chi connectivity index (χ1) is 8.04. The van der Waals surface area contributed by atoms with Crippen LogP contribution in [0, 0.1) is 0 Å². The van der Waals surface area contributed by atoms with E-state index in [0.29, 0.717) is 0 Å². The van der Waals surface area contributed by atoms with Crippen LogP contribution in [0.25, 0.3) is 0 Å². The Labute approximate surface area is 127 Å². The SMILES string of the molecule is Nc1ccn([C@@H]2O[C@H](CO)[C@@H](O)[C@H]2O)c(=O)n1.[N].[N].[N].[N].[N]. The second kappa shape index (κ2) is 11.0. The molecular weight excluding hydrogens is 300 g/mol. The van der Waals surface area contributed by atoms with Crippen LogP contribution in [-0.2, 0) is 4.74 Å². The minimum atomic E-state index is -1.31. The molecule has 0 saturated carbocycles. The van der Waals surface area contributed by atoms with Crippen LogP contribution in [0.1, 0.15) is 6.23 Å². The molecule has 13 nitrogen and oxygen atoms in total. The van der Waals surface area contributed by atoms with E-state index in [1.54, 1.807) is 0 Å². The number of anilines is 1. The van der Waals surface area contributed by atoms with Crippen molar-refractivity contribution in [3.63, 3.8) is 0 Å². The quantitative estimate of drug-likeness (QED) is 0.411. The lowest BCUT2D eigenvalue weighted by Gasteiger charge is -2.16. The highest BCUT2D eigenvalue weighted by Gasteiger charge is 2.43. The van der Waals surface area contributed by atoms with E-state index in [-0.39, 0.29) is 36.6 Å². The van der Waals surface area contributed by atoms with Gasteiger partial charge in [0.25, 0.3) is 0 Å². The van der Waals surface area contributed by atoms with Crippen LogP contribution >= 0.6 is 0 Å². The first-order valence-corrected chi connectivity index (χ1v) is 5.01. The van der Waals surface area contributed by atoms with Crippen molar-refractivity contribution >= 4 is 5.82 Å². The monoisotopic (exact) mass is 313 g/mol. The van der Waals surface area contributed by atoms with Crippen molar-refractivity contribution in [2.75, 3.05) is 12.3 Å². The molecule has 4 atom stereocenters. The number of hydrogen-bond acceptors (Lipinski definition) is 7. The van der Waals surface area contributed by atoms with Gasteiger partial charge >= 0.3 is 5.69 Å². The van der Waals surface area contributed by atoms with Gasteiger partial charge in [0.1, 0.15) is 24.1 Å². The van der Waals surface area contributed by atoms with Gasteiger partial charge in [-0.25, -0.2) is 4.79 Å². The van der Waals surface area contributed by atoms with Gasteiger partial charge in [-0.3, -0.25) is 4.57 Å². The molecule has 0 amide bonds. The fraction of sp³-hybridized carbons (Fsp3) is 0.556. The third-order valence-electron chi connectivity index (χ3n) is 2.64. The van der Waals surface area contributed by atoms with Crippen LogP contribution in [0.4, 0.5) is 5.82 Å². The van der Waals surface area contributed by atoms with Gasteiger partial charge in [-0.15, -0.1) is 0 Å². The predicted octanol–water partition coefficient (Wildman–Crippen LogP) is -4.97. The molecule has 2 rings (SSSR count). The van der Waals surface area contributed by atoms with E-state index in [4.69, 9.17) is 15.6 Å². The molecule has 0 spiro atoms. The molecule has 22 heavy (non-hydrogen) atoms. The number of nitrogen functional groups attached to an aromatic ring is 1. The molecule has 0 bridgehead atoms. The summed E-state index contributed by atoms with van der Waals surface area (Å²) in [6.07, 6.45) is -3.27. The molecule has 1 aromatic rings. The number of aromatic nitrogens is 2. The lowest BCUT2D eigenvalue weighted by molar-refractivity contribution is -0.0549. The van der Waals surface area contributed by atoms with Crippen LogP contribution in [0.15, 0.2) is 17.1 Å². The first kappa shape index (κ1) is 28.5. The number of rotatable bonds is 2. The Bertz CT molecular complexity index is 472. The molecular formula is C9H13N8O5. The van der Waals surface area contributed by atoms with E-state index >= 15 is 0 Å². The maximum Gasteiger partial charge on any atom is 0.351 e. The fourth-order valence-electron chi connectivity index (χ4n) is 1.73. The zero-order valence-electron chi connectivity index (χ0n) is 11.0. The Hall–Kier alpha value is -1.68. The Kier molecular flexibility index (Phi) is 14.2. The lowest BCUT2D eigenvalue weighted by atomic mass is 10.1. The van der Waals surface area contributed by atoms with E-state index in [0.717, 1.165) is 4.57 Å². The van der Waals surface area contributed by atoms with Crippen molar-refractivity contribution in [2.45, 2.75) is 24.5 Å². The second-order valence-electron chi connectivity index (χ2n) is 3.77. The van der Waals surface area contributed by atoms with Crippen molar-refractivity contribution in [1.82, 2.24) is 40.3 Å². The lowest BCUT2D eigenvalue weighted by Crippen LogP contribution is -2.36. The fourth-order valence-corrected chi connectivity index (χ4v) is 1.73. The van der Waals surface area contributed by atoms with Crippen molar-refractivity contribution in [1.29, 1.82) is 0 Å². The highest BCUT2D eigenvalue weighted by atomic mass is 16.6. The van der Waals surface area contributed by atoms with Gasteiger partial charge in [0.2, 0.25) is 0 Å². The Balaban J connectivity index is -0.000000324. The zero-order chi connectivity index (χ0) is 12.6. The van der Waals surface area contributed by atoms with Crippen molar-refractivity contribution in [3.05, 3.63) is 22.7 Å². The summed E-state index contributed by atoms with van der Waals surface area (Å²) in [5.41, 5.74) is 4.63. The smallest absolute Gasteiger partial charge is 0.351 e. The third-order valence-corrected chi connectivity index (χ3v) is 2.64. The zero-order valence-corrected chi connectivity index (χ0v) is 11.0. The predicted molar refractivity (Wildman–Crippen MR) is 66.6 cm³/mol. The van der Waals surface area contributed by atoms with Crippen molar-refractivity contribution < 1.29 is 20.1 Å². The number of hydrogen-bond donors (Lipinski definition) is 4. The molecule has 2 heterocycles. The highest BCUT2D eigenvalue weighted by molar-refractivity contribution is 5.23. The molecule has 13 heteroatoms. The topological polar surface area (TPSA) is 283 Å². The Morgan fingerprint density at radius 2 is 1.73 bits per heavy atom. The normalized spacial score (nSPS) is 25.4. The summed E-state index contributed by atoms with van der Waals surface area (Å²) in [5, 5.41) is 28.2.